The minimum atomic E-state index is -3.33. The Morgan fingerprint density at radius 3 is 2.65 bits per heavy atom. The molecule has 0 aliphatic rings. The molecule has 0 unspecified atom stereocenters. The van der Waals surface area contributed by atoms with Gasteiger partial charge in [0, 0.05) is 21.9 Å². The zero-order valence-electron chi connectivity index (χ0n) is 8.94. The summed E-state index contributed by atoms with van der Waals surface area (Å²) in [6, 6.07) is 4.97. The number of anilines is 1. The van der Waals surface area contributed by atoms with Crippen molar-refractivity contribution in [3.8, 4) is 11.1 Å². The second kappa shape index (κ2) is 4.15. The van der Waals surface area contributed by atoms with Crippen molar-refractivity contribution in [2.45, 2.75) is 4.90 Å². The zero-order chi connectivity index (χ0) is 12.6. The fourth-order valence-corrected chi connectivity index (χ4v) is 3.20. The topological polar surface area (TPSA) is 88.8 Å². The average Bonchev–Trinajstić information content (AvgIpc) is 2.62. The average molecular weight is 316 g/mol. The van der Waals surface area contributed by atoms with Gasteiger partial charge in [-0.2, -0.15) is 5.10 Å². The van der Waals surface area contributed by atoms with Gasteiger partial charge < -0.3 is 5.73 Å². The maximum atomic E-state index is 11.7. The van der Waals surface area contributed by atoms with Crippen LogP contribution in [-0.4, -0.2) is 24.9 Å². The molecule has 7 heteroatoms. The summed E-state index contributed by atoms with van der Waals surface area (Å²) in [5.41, 5.74) is 6.82. The number of hydrogen-bond acceptors (Lipinski definition) is 4. The number of aromatic nitrogens is 2. The molecule has 0 bridgehead atoms. The van der Waals surface area contributed by atoms with Crippen molar-refractivity contribution < 1.29 is 8.42 Å². The van der Waals surface area contributed by atoms with Gasteiger partial charge in [0.15, 0.2) is 9.84 Å². The second-order valence-corrected chi connectivity index (χ2v) is 6.42. The number of nitrogens with one attached hydrogen (secondary N) is 1. The quantitative estimate of drug-likeness (QED) is 0.884. The molecule has 0 aliphatic carbocycles. The molecule has 0 radical (unpaired) electrons. The molecule has 1 aromatic carbocycles. The largest absolute Gasteiger partial charge is 0.384 e. The van der Waals surface area contributed by atoms with E-state index in [2.05, 4.69) is 26.1 Å². The van der Waals surface area contributed by atoms with E-state index >= 15 is 0 Å². The van der Waals surface area contributed by atoms with Gasteiger partial charge in [-0.25, -0.2) is 8.42 Å². The van der Waals surface area contributed by atoms with Crippen LogP contribution in [0, 0.1) is 0 Å². The first-order chi connectivity index (χ1) is 7.91. The van der Waals surface area contributed by atoms with Crippen LogP contribution in [0.25, 0.3) is 11.1 Å². The molecule has 0 amide bonds. The van der Waals surface area contributed by atoms with Crippen LogP contribution in [-0.2, 0) is 9.84 Å². The number of nitrogen functional groups attached to an aromatic ring is 1. The number of nitrogens with two attached hydrogens (primary N) is 1. The summed E-state index contributed by atoms with van der Waals surface area (Å²) in [6.45, 7) is 0. The Kier molecular flexibility index (Phi) is 2.96. The van der Waals surface area contributed by atoms with E-state index in [4.69, 9.17) is 5.73 Å². The van der Waals surface area contributed by atoms with E-state index in [1.165, 1.54) is 6.20 Å². The van der Waals surface area contributed by atoms with Gasteiger partial charge in [-0.05, 0) is 12.1 Å². The normalized spacial score (nSPS) is 11.6. The number of sulfone groups is 1. The Morgan fingerprint density at radius 2 is 2.12 bits per heavy atom. The van der Waals surface area contributed by atoms with Gasteiger partial charge in [-0.15, -0.1) is 0 Å². The minimum Gasteiger partial charge on any atom is -0.384 e. The van der Waals surface area contributed by atoms with E-state index in [9.17, 15) is 8.42 Å². The van der Waals surface area contributed by atoms with Crippen molar-refractivity contribution in [1.82, 2.24) is 10.2 Å². The van der Waals surface area contributed by atoms with Gasteiger partial charge >= 0.3 is 0 Å². The van der Waals surface area contributed by atoms with Crippen molar-refractivity contribution in [1.29, 1.82) is 0 Å². The van der Waals surface area contributed by atoms with Crippen LogP contribution < -0.4 is 5.73 Å². The van der Waals surface area contributed by atoms with Crippen LogP contribution in [0.1, 0.15) is 0 Å². The van der Waals surface area contributed by atoms with E-state index in [1.807, 2.05) is 0 Å². The van der Waals surface area contributed by atoms with Crippen LogP contribution >= 0.6 is 15.9 Å². The van der Waals surface area contributed by atoms with Gasteiger partial charge in [0.05, 0.1) is 11.1 Å². The van der Waals surface area contributed by atoms with E-state index in [0.717, 1.165) is 6.26 Å². The third kappa shape index (κ3) is 2.20. The molecule has 1 aromatic heterocycles. The van der Waals surface area contributed by atoms with E-state index < -0.39 is 9.84 Å². The van der Waals surface area contributed by atoms with Crippen molar-refractivity contribution in [2.75, 3.05) is 12.0 Å². The lowest BCUT2D eigenvalue weighted by atomic mass is 10.1. The highest BCUT2D eigenvalue weighted by atomic mass is 79.9. The molecule has 5 nitrogen and oxygen atoms in total. The number of nitrogens with zero attached hydrogens (tertiary/aromatic N) is 1. The Bertz CT molecular complexity index is 664. The zero-order valence-corrected chi connectivity index (χ0v) is 11.3. The van der Waals surface area contributed by atoms with Crippen LogP contribution in [0.15, 0.2) is 33.8 Å². The summed E-state index contributed by atoms with van der Waals surface area (Å²) in [6.07, 6.45) is 2.67. The Labute approximate surface area is 107 Å². The standard InChI is InChI=1S/C10H10BrN3O2S/c1-17(15,16)8-4-2-3-7(11)9(8)6-5-13-14-10(6)12/h2-5H,1H3,(H3,12,13,14). The predicted molar refractivity (Wildman–Crippen MR) is 69.2 cm³/mol. The Balaban J connectivity index is 2.82. The molecule has 3 N–H and O–H groups in total. The highest BCUT2D eigenvalue weighted by Gasteiger charge is 2.19. The maximum Gasteiger partial charge on any atom is 0.176 e. The Hall–Kier alpha value is -1.34. The number of benzene rings is 1. The summed E-state index contributed by atoms with van der Waals surface area (Å²) >= 11 is 3.33. The van der Waals surface area contributed by atoms with Crippen LogP contribution in [0.5, 0.6) is 0 Å². The van der Waals surface area contributed by atoms with Gasteiger partial charge in [0.1, 0.15) is 5.82 Å². The molecule has 0 atom stereocenters. The van der Waals surface area contributed by atoms with Crippen LogP contribution in [0.2, 0.25) is 0 Å². The summed E-state index contributed by atoms with van der Waals surface area (Å²) in [4.78, 5) is 0.222. The third-order valence-corrected chi connectivity index (χ3v) is 4.11. The highest BCUT2D eigenvalue weighted by Crippen LogP contribution is 2.36. The molecule has 0 aliphatic heterocycles. The van der Waals surface area contributed by atoms with Crippen molar-refractivity contribution in [3.63, 3.8) is 0 Å². The predicted octanol–water partition coefficient (Wildman–Crippen LogP) is 1.82. The number of hydrogen-bond donors (Lipinski definition) is 2. The SMILES string of the molecule is CS(=O)(=O)c1cccc(Br)c1-c1cn[nH]c1N. The van der Waals surface area contributed by atoms with E-state index in [-0.39, 0.29) is 4.90 Å². The van der Waals surface area contributed by atoms with Crippen molar-refractivity contribution in [2.24, 2.45) is 0 Å². The molecule has 0 spiro atoms. The first kappa shape index (κ1) is 12.1. The smallest absolute Gasteiger partial charge is 0.176 e. The molecule has 1 heterocycles. The monoisotopic (exact) mass is 315 g/mol. The fraction of sp³-hybridized carbons (Fsp3) is 0.100. The summed E-state index contributed by atoms with van der Waals surface area (Å²) in [7, 11) is -3.33. The van der Waals surface area contributed by atoms with Crippen LogP contribution in [0.3, 0.4) is 0 Å². The van der Waals surface area contributed by atoms with Gasteiger partial charge in [0.2, 0.25) is 0 Å². The molecule has 2 rings (SSSR count). The third-order valence-electron chi connectivity index (χ3n) is 2.31. The van der Waals surface area contributed by atoms with Gasteiger partial charge in [0.25, 0.3) is 0 Å². The van der Waals surface area contributed by atoms with Gasteiger partial charge in [-0.1, -0.05) is 22.0 Å². The number of halogens is 1. The molecule has 0 saturated carbocycles. The Morgan fingerprint density at radius 1 is 1.41 bits per heavy atom. The number of rotatable bonds is 2. The molecule has 17 heavy (non-hydrogen) atoms. The fourth-order valence-electron chi connectivity index (χ4n) is 1.57. The lowest BCUT2D eigenvalue weighted by Crippen LogP contribution is -2.01. The van der Waals surface area contributed by atoms with Crippen molar-refractivity contribution in [3.05, 3.63) is 28.9 Å². The summed E-state index contributed by atoms with van der Waals surface area (Å²) in [5, 5.41) is 6.38. The molecule has 0 saturated heterocycles. The summed E-state index contributed by atoms with van der Waals surface area (Å²) in [5.74, 6) is 0.335. The number of aromatic amines is 1. The molecule has 2 aromatic rings. The minimum absolute atomic E-state index is 0.222. The maximum absolute atomic E-state index is 11.7. The lowest BCUT2D eigenvalue weighted by molar-refractivity contribution is 0.602. The molecule has 90 valence electrons. The second-order valence-electron chi connectivity index (χ2n) is 3.58. The van der Waals surface area contributed by atoms with Crippen LogP contribution in [0.4, 0.5) is 5.82 Å². The van der Waals surface area contributed by atoms with E-state index in [0.29, 0.717) is 21.4 Å². The highest BCUT2D eigenvalue weighted by molar-refractivity contribution is 9.10. The first-order valence-electron chi connectivity index (χ1n) is 4.69. The molecular formula is C10H10BrN3O2S. The lowest BCUT2D eigenvalue weighted by Gasteiger charge is -2.09. The number of H-pyrrole nitrogens is 1. The van der Waals surface area contributed by atoms with Crippen molar-refractivity contribution >= 4 is 31.6 Å². The first-order valence-corrected chi connectivity index (χ1v) is 7.37. The molecular weight excluding hydrogens is 306 g/mol. The van der Waals surface area contributed by atoms with E-state index in [1.54, 1.807) is 18.2 Å². The van der Waals surface area contributed by atoms with Gasteiger partial charge in [-0.3, -0.25) is 5.10 Å². The summed E-state index contributed by atoms with van der Waals surface area (Å²) < 4.78 is 24.1. The molecule has 0 fully saturated rings.